The fourth-order valence-electron chi connectivity index (χ4n) is 3.33. The standard InChI is InChI=1S/C24H20Cl2F2N2O5/c25-17-11-30-22(31)21(26)16(17)10-19(34-23(32)14-5-7-29-8-6-14)15-3-4-18(35-24(27)28)20(9-15)33-12-13-1-2-13/h3-9,11,13,19,24H,1-2,10,12H2,(H,30,31). The number of esters is 1. The molecule has 1 aliphatic rings. The third-order valence-corrected chi connectivity index (χ3v) is 6.10. The third-order valence-electron chi connectivity index (χ3n) is 5.36. The lowest BCUT2D eigenvalue weighted by molar-refractivity contribution is -0.0515. The van der Waals surface area contributed by atoms with Crippen LogP contribution in [-0.4, -0.2) is 29.2 Å². The van der Waals surface area contributed by atoms with Crippen LogP contribution in [0.4, 0.5) is 8.78 Å². The summed E-state index contributed by atoms with van der Waals surface area (Å²) in [6.45, 7) is -2.70. The van der Waals surface area contributed by atoms with Crippen molar-refractivity contribution in [3.05, 3.63) is 86.0 Å². The molecule has 1 fully saturated rings. The van der Waals surface area contributed by atoms with Crippen LogP contribution in [0.15, 0.2) is 53.7 Å². The van der Waals surface area contributed by atoms with E-state index in [4.69, 9.17) is 32.7 Å². The highest BCUT2D eigenvalue weighted by atomic mass is 35.5. The van der Waals surface area contributed by atoms with Crippen LogP contribution in [0.2, 0.25) is 10.0 Å². The van der Waals surface area contributed by atoms with Crippen LogP contribution in [0.3, 0.4) is 0 Å². The number of ether oxygens (including phenoxy) is 3. The van der Waals surface area contributed by atoms with E-state index >= 15 is 0 Å². The first-order valence-corrected chi connectivity index (χ1v) is 11.5. The zero-order valence-corrected chi connectivity index (χ0v) is 19.7. The summed E-state index contributed by atoms with van der Waals surface area (Å²) in [5, 5.41) is 0.0211. The van der Waals surface area contributed by atoms with Crippen molar-refractivity contribution in [2.24, 2.45) is 5.92 Å². The van der Waals surface area contributed by atoms with Crippen LogP contribution < -0.4 is 15.0 Å². The van der Waals surface area contributed by atoms with Gasteiger partial charge in [-0.25, -0.2) is 4.79 Å². The van der Waals surface area contributed by atoms with Crippen LogP contribution in [0.1, 0.15) is 40.4 Å². The fourth-order valence-corrected chi connectivity index (χ4v) is 3.84. The van der Waals surface area contributed by atoms with Crippen molar-refractivity contribution in [1.82, 2.24) is 9.97 Å². The summed E-state index contributed by atoms with van der Waals surface area (Å²) in [5.74, 6) is -0.367. The van der Waals surface area contributed by atoms with Crippen molar-refractivity contribution < 1.29 is 27.8 Å². The summed E-state index contributed by atoms with van der Waals surface area (Å²) in [6, 6.07) is 7.23. The molecular weight excluding hydrogens is 505 g/mol. The minimum absolute atomic E-state index is 0.0600. The first kappa shape index (κ1) is 24.9. The van der Waals surface area contributed by atoms with Gasteiger partial charge in [-0.1, -0.05) is 29.3 Å². The van der Waals surface area contributed by atoms with E-state index in [1.807, 2.05) is 0 Å². The number of pyridine rings is 2. The molecule has 0 spiro atoms. The largest absolute Gasteiger partial charge is 0.489 e. The Morgan fingerprint density at radius 2 is 1.89 bits per heavy atom. The fraction of sp³-hybridized carbons (Fsp3) is 0.292. The smallest absolute Gasteiger partial charge is 0.387 e. The predicted octanol–water partition coefficient (Wildman–Crippen LogP) is 5.61. The molecule has 0 aliphatic heterocycles. The van der Waals surface area contributed by atoms with Gasteiger partial charge in [-0.15, -0.1) is 0 Å². The highest BCUT2D eigenvalue weighted by molar-refractivity contribution is 6.35. The van der Waals surface area contributed by atoms with Crippen molar-refractivity contribution >= 4 is 29.2 Å². The van der Waals surface area contributed by atoms with E-state index in [1.165, 1.54) is 48.9 Å². The molecule has 0 saturated heterocycles. The molecule has 0 radical (unpaired) electrons. The van der Waals surface area contributed by atoms with Crippen LogP contribution in [0, 0.1) is 5.92 Å². The molecule has 1 aliphatic carbocycles. The number of H-pyrrole nitrogens is 1. The average Bonchev–Trinajstić information content (AvgIpc) is 3.67. The lowest BCUT2D eigenvalue weighted by atomic mass is 10.0. The molecule has 1 N–H and O–H groups in total. The van der Waals surface area contributed by atoms with Gasteiger partial charge in [0.25, 0.3) is 5.56 Å². The number of nitrogens with zero attached hydrogens (tertiary/aromatic N) is 1. The van der Waals surface area contributed by atoms with Gasteiger partial charge < -0.3 is 19.2 Å². The maximum absolute atomic E-state index is 12.9. The molecule has 2 heterocycles. The summed E-state index contributed by atoms with van der Waals surface area (Å²) in [6.07, 6.45) is 5.11. The molecule has 4 rings (SSSR count). The number of benzene rings is 1. The van der Waals surface area contributed by atoms with Crippen molar-refractivity contribution in [1.29, 1.82) is 0 Å². The minimum atomic E-state index is -3.04. The summed E-state index contributed by atoms with van der Waals surface area (Å²) in [5.41, 5.74) is 0.362. The molecule has 35 heavy (non-hydrogen) atoms. The Labute approximate surface area is 208 Å². The molecule has 0 bridgehead atoms. The second kappa shape index (κ2) is 11.0. The topological polar surface area (TPSA) is 90.5 Å². The maximum Gasteiger partial charge on any atom is 0.387 e. The summed E-state index contributed by atoms with van der Waals surface area (Å²) < 4.78 is 42.0. The molecule has 3 aromatic rings. The number of nitrogens with one attached hydrogen (secondary N) is 1. The van der Waals surface area contributed by atoms with E-state index in [2.05, 4.69) is 14.7 Å². The van der Waals surface area contributed by atoms with E-state index in [-0.39, 0.29) is 39.1 Å². The summed E-state index contributed by atoms with van der Waals surface area (Å²) >= 11 is 12.4. The van der Waals surface area contributed by atoms with Crippen molar-refractivity contribution in [2.45, 2.75) is 32.0 Å². The van der Waals surface area contributed by atoms with Gasteiger partial charge in [0.2, 0.25) is 0 Å². The molecule has 1 atom stereocenters. The molecule has 11 heteroatoms. The Morgan fingerprint density at radius 3 is 2.57 bits per heavy atom. The van der Waals surface area contributed by atoms with Gasteiger partial charge in [0.1, 0.15) is 11.1 Å². The van der Waals surface area contributed by atoms with E-state index in [0.717, 1.165) is 12.8 Å². The molecule has 7 nitrogen and oxygen atoms in total. The molecular formula is C24H20Cl2F2N2O5. The Kier molecular flexibility index (Phi) is 7.87. The highest BCUT2D eigenvalue weighted by Crippen LogP contribution is 2.37. The highest BCUT2D eigenvalue weighted by Gasteiger charge is 2.26. The Hall–Kier alpha value is -3.17. The Balaban J connectivity index is 1.70. The van der Waals surface area contributed by atoms with E-state index < -0.39 is 24.2 Å². The van der Waals surface area contributed by atoms with Crippen LogP contribution >= 0.6 is 23.2 Å². The first-order valence-electron chi connectivity index (χ1n) is 10.7. The molecule has 184 valence electrons. The van der Waals surface area contributed by atoms with Crippen molar-refractivity contribution in [3.63, 3.8) is 0 Å². The van der Waals surface area contributed by atoms with Crippen molar-refractivity contribution in [2.75, 3.05) is 6.61 Å². The lowest BCUT2D eigenvalue weighted by Gasteiger charge is -2.21. The monoisotopic (exact) mass is 524 g/mol. The van der Waals surface area contributed by atoms with Crippen LogP contribution in [0.25, 0.3) is 0 Å². The van der Waals surface area contributed by atoms with Gasteiger partial charge in [-0.3, -0.25) is 9.78 Å². The molecule has 0 amide bonds. The number of carbonyl (C=O) groups is 1. The Morgan fingerprint density at radius 1 is 1.14 bits per heavy atom. The predicted molar refractivity (Wildman–Crippen MR) is 124 cm³/mol. The quantitative estimate of drug-likeness (QED) is 0.347. The summed E-state index contributed by atoms with van der Waals surface area (Å²) in [7, 11) is 0. The number of halogens is 4. The van der Waals surface area contributed by atoms with E-state index in [1.54, 1.807) is 0 Å². The molecule has 1 aromatic carbocycles. The van der Waals surface area contributed by atoms with Gasteiger partial charge >= 0.3 is 12.6 Å². The van der Waals surface area contributed by atoms with E-state index in [0.29, 0.717) is 18.1 Å². The second-order valence-corrected chi connectivity index (χ2v) is 8.72. The molecule has 2 aromatic heterocycles. The number of aromatic amines is 1. The lowest BCUT2D eigenvalue weighted by Crippen LogP contribution is -2.17. The number of hydrogen-bond acceptors (Lipinski definition) is 6. The first-order chi connectivity index (χ1) is 16.8. The molecule has 1 unspecified atom stereocenters. The molecule has 1 saturated carbocycles. The van der Waals surface area contributed by atoms with Gasteiger partial charge in [-0.2, -0.15) is 8.78 Å². The Bertz CT molecular complexity index is 1250. The zero-order valence-electron chi connectivity index (χ0n) is 18.2. The average molecular weight is 525 g/mol. The van der Waals surface area contributed by atoms with Crippen LogP contribution in [-0.2, 0) is 11.2 Å². The number of rotatable bonds is 10. The van der Waals surface area contributed by atoms with Gasteiger partial charge in [0, 0.05) is 30.6 Å². The number of carbonyl (C=O) groups excluding carboxylic acids is 1. The van der Waals surface area contributed by atoms with Gasteiger partial charge in [-0.05, 0) is 48.6 Å². The number of hydrogen-bond donors (Lipinski definition) is 1. The zero-order chi connectivity index (χ0) is 24.9. The van der Waals surface area contributed by atoms with Gasteiger partial charge in [0.05, 0.1) is 17.2 Å². The van der Waals surface area contributed by atoms with E-state index in [9.17, 15) is 18.4 Å². The number of alkyl halides is 2. The van der Waals surface area contributed by atoms with Gasteiger partial charge in [0.15, 0.2) is 11.5 Å². The minimum Gasteiger partial charge on any atom is -0.489 e. The van der Waals surface area contributed by atoms with Crippen LogP contribution in [0.5, 0.6) is 11.5 Å². The van der Waals surface area contributed by atoms with Crippen molar-refractivity contribution in [3.8, 4) is 11.5 Å². The number of aromatic nitrogens is 2. The maximum atomic E-state index is 12.9. The normalized spacial score (nSPS) is 14.0. The third kappa shape index (κ3) is 6.49. The summed E-state index contributed by atoms with van der Waals surface area (Å²) in [4.78, 5) is 31.2. The SMILES string of the molecule is O=C(OC(Cc1c(Cl)c[nH]c(=O)c1Cl)c1ccc(OC(F)F)c(OCC2CC2)c1)c1ccncc1. The second-order valence-electron chi connectivity index (χ2n) is 7.93.